The van der Waals surface area contributed by atoms with Gasteiger partial charge < -0.3 is 24.8 Å². The molecule has 0 spiro atoms. The topological polar surface area (TPSA) is 60.4 Å². The second-order valence-electron chi connectivity index (χ2n) is 10.0. The number of carbonyl (C=O) groups is 1. The summed E-state index contributed by atoms with van der Waals surface area (Å²) in [4.78, 5) is 24.2. The first-order valence-corrected chi connectivity index (χ1v) is 12.4. The maximum absolute atomic E-state index is 12.8. The zero-order chi connectivity index (χ0) is 22.9. The van der Waals surface area contributed by atoms with Gasteiger partial charge in [0, 0.05) is 39.3 Å². The summed E-state index contributed by atoms with van der Waals surface area (Å²) in [5.41, 5.74) is -0.448. The second kappa shape index (κ2) is 12.5. The molecule has 1 aliphatic carbocycles. The number of nitrogens with zero attached hydrogens (tertiary/aromatic N) is 4. The molecule has 1 saturated heterocycles. The van der Waals surface area contributed by atoms with E-state index in [1.54, 1.807) is 0 Å². The number of hydrogen-bond donors (Lipinski definition) is 1. The van der Waals surface area contributed by atoms with Crippen molar-refractivity contribution in [3.63, 3.8) is 0 Å². The summed E-state index contributed by atoms with van der Waals surface area (Å²) < 4.78 is 5.72. The van der Waals surface area contributed by atoms with E-state index in [2.05, 4.69) is 34.0 Å². The molecule has 1 amide bonds. The van der Waals surface area contributed by atoms with Crippen LogP contribution in [0.1, 0.15) is 73.1 Å². The Morgan fingerprint density at radius 1 is 1.10 bits per heavy atom. The summed E-state index contributed by atoms with van der Waals surface area (Å²) in [6.45, 7) is 17.4. The molecule has 0 atom stereocenters. The molecule has 1 saturated carbocycles. The molecular weight excluding hydrogens is 390 g/mol. The molecule has 180 valence electrons. The Bertz CT molecular complexity index is 559. The van der Waals surface area contributed by atoms with E-state index in [0.29, 0.717) is 5.92 Å². The van der Waals surface area contributed by atoms with Crippen molar-refractivity contribution in [2.45, 2.75) is 84.8 Å². The number of hydrogen-bond acceptors (Lipinski definition) is 4. The van der Waals surface area contributed by atoms with Crippen LogP contribution in [0.5, 0.6) is 0 Å². The lowest BCUT2D eigenvalue weighted by molar-refractivity contribution is 0.00928. The van der Waals surface area contributed by atoms with E-state index in [-0.39, 0.29) is 12.1 Å². The molecule has 31 heavy (non-hydrogen) atoms. The van der Waals surface area contributed by atoms with Gasteiger partial charge in [-0.25, -0.2) is 4.79 Å². The van der Waals surface area contributed by atoms with Crippen LogP contribution in [0.4, 0.5) is 4.79 Å². The van der Waals surface area contributed by atoms with Crippen LogP contribution in [-0.2, 0) is 4.74 Å². The number of guanidine groups is 1. The lowest BCUT2D eigenvalue weighted by Crippen LogP contribution is -2.52. The number of rotatable bonds is 10. The number of piperidine rings is 1. The predicted octanol–water partition coefficient (Wildman–Crippen LogP) is 3.80. The molecule has 7 nitrogen and oxygen atoms in total. The molecule has 0 radical (unpaired) electrons. The predicted molar refractivity (Wildman–Crippen MR) is 129 cm³/mol. The standard InChI is InChI=1S/C24H47N5O2/c1-7-27(8-2)16-10-9-15-26-22(25-6)28-17-13-21(14-18-28)29(19-20-11-12-20)23(30)31-24(3,4)5/h20-21H,7-19H2,1-6H3,(H,25,26). The maximum atomic E-state index is 12.8. The van der Waals surface area contributed by atoms with Crippen LogP contribution >= 0.6 is 0 Å². The van der Waals surface area contributed by atoms with Crippen molar-refractivity contribution in [1.82, 2.24) is 20.0 Å². The number of likely N-dealkylation sites (tertiary alicyclic amines) is 1. The first kappa shape index (κ1) is 25.8. The Morgan fingerprint density at radius 3 is 2.26 bits per heavy atom. The molecule has 2 aliphatic rings. The molecule has 1 heterocycles. The van der Waals surface area contributed by atoms with E-state index in [4.69, 9.17) is 4.74 Å². The maximum Gasteiger partial charge on any atom is 0.410 e. The summed E-state index contributed by atoms with van der Waals surface area (Å²) in [6, 6.07) is 0.263. The van der Waals surface area contributed by atoms with Gasteiger partial charge in [-0.15, -0.1) is 0 Å². The Morgan fingerprint density at radius 2 is 1.74 bits per heavy atom. The average molecular weight is 438 g/mol. The number of aliphatic imine (C=N–C) groups is 1. The lowest BCUT2D eigenvalue weighted by atomic mass is 10.0. The normalized spacial score (nSPS) is 18.4. The zero-order valence-electron chi connectivity index (χ0n) is 21.0. The van der Waals surface area contributed by atoms with Crippen LogP contribution in [0.15, 0.2) is 4.99 Å². The van der Waals surface area contributed by atoms with Gasteiger partial charge in [-0.05, 0) is 84.8 Å². The summed E-state index contributed by atoms with van der Waals surface area (Å²) in [6.07, 6.45) is 6.63. The van der Waals surface area contributed by atoms with Gasteiger partial charge in [0.25, 0.3) is 0 Å². The largest absolute Gasteiger partial charge is 0.444 e. The van der Waals surface area contributed by atoms with Gasteiger partial charge in [0.1, 0.15) is 5.60 Å². The van der Waals surface area contributed by atoms with Crippen molar-refractivity contribution in [3.8, 4) is 0 Å². The highest BCUT2D eigenvalue weighted by Crippen LogP contribution is 2.32. The highest BCUT2D eigenvalue weighted by atomic mass is 16.6. The van der Waals surface area contributed by atoms with Crippen molar-refractivity contribution in [2.75, 3.05) is 52.9 Å². The number of nitrogens with one attached hydrogen (secondary N) is 1. The minimum absolute atomic E-state index is 0.145. The molecule has 1 aliphatic heterocycles. The zero-order valence-corrected chi connectivity index (χ0v) is 21.0. The highest BCUT2D eigenvalue weighted by Gasteiger charge is 2.35. The quantitative estimate of drug-likeness (QED) is 0.320. The lowest BCUT2D eigenvalue weighted by Gasteiger charge is -2.40. The third-order valence-electron chi connectivity index (χ3n) is 6.28. The van der Waals surface area contributed by atoms with E-state index in [0.717, 1.165) is 64.5 Å². The van der Waals surface area contributed by atoms with E-state index in [9.17, 15) is 4.79 Å². The smallest absolute Gasteiger partial charge is 0.410 e. The number of amides is 1. The van der Waals surface area contributed by atoms with E-state index < -0.39 is 5.60 Å². The molecule has 7 heteroatoms. The van der Waals surface area contributed by atoms with Crippen molar-refractivity contribution in [3.05, 3.63) is 0 Å². The molecule has 0 bridgehead atoms. The molecule has 0 aromatic heterocycles. The highest BCUT2D eigenvalue weighted by molar-refractivity contribution is 5.80. The molecule has 2 fully saturated rings. The van der Waals surface area contributed by atoms with E-state index in [1.807, 2.05) is 32.7 Å². The van der Waals surface area contributed by atoms with Gasteiger partial charge in [0.05, 0.1) is 0 Å². The van der Waals surface area contributed by atoms with Crippen molar-refractivity contribution in [1.29, 1.82) is 0 Å². The summed E-state index contributed by atoms with van der Waals surface area (Å²) >= 11 is 0. The van der Waals surface area contributed by atoms with Crippen LogP contribution in [0.25, 0.3) is 0 Å². The molecule has 0 aromatic carbocycles. The second-order valence-corrected chi connectivity index (χ2v) is 10.0. The van der Waals surface area contributed by atoms with Gasteiger partial charge in [-0.3, -0.25) is 4.99 Å². The Labute approximate surface area is 190 Å². The van der Waals surface area contributed by atoms with Gasteiger partial charge in [-0.2, -0.15) is 0 Å². The fourth-order valence-electron chi connectivity index (χ4n) is 4.19. The summed E-state index contributed by atoms with van der Waals surface area (Å²) in [5.74, 6) is 1.66. The fraction of sp³-hybridized carbons (Fsp3) is 0.917. The van der Waals surface area contributed by atoms with Crippen LogP contribution < -0.4 is 5.32 Å². The SMILES string of the molecule is CCN(CC)CCCCNC(=NC)N1CCC(N(CC2CC2)C(=O)OC(C)(C)C)CC1. The Hall–Kier alpha value is -1.50. The minimum atomic E-state index is -0.448. The first-order valence-electron chi connectivity index (χ1n) is 12.4. The number of carbonyl (C=O) groups excluding carboxylic acids is 1. The van der Waals surface area contributed by atoms with Gasteiger partial charge in [0.15, 0.2) is 5.96 Å². The Kier molecular flexibility index (Phi) is 10.4. The molecule has 1 N–H and O–H groups in total. The van der Waals surface area contributed by atoms with E-state index >= 15 is 0 Å². The van der Waals surface area contributed by atoms with Crippen LogP contribution in [0, 0.1) is 5.92 Å². The third kappa shape index (κ3) is 9.26. The van der Waals surface area contributed by atoms with Crippen LogP contribution in [-0.4, -0.2) is 91.3 Å². The van der Waals surface area contributed by atoms with Gasteiger partial charge in [0.2, 0.25) is 0 Å². The van der Waals surface area contributed by atoms with E-state index in [1.165, 1.54) is 25.8 Å². The molecule has 2 rings (SSSR count). The van der Waals surface area contributed by atoms with Gasteiger partial charge in [-0.1, -0.05) is 13.8 Å². The summed E-state index contributed by atoms with van der Waals surface area (Å²) in [5, 5.41) is 3.54. The van der Waals surface area contributed by atoms with Crippen molar-refractivity contribution >= 4 is 12.1 Å². The summed E-state index contributed by atoms with van der Waals surface area (Å²) in [7, 11) is 1.87. The molecule has 0 unspecified atom stereocenters. The van der Waals surface area contributed by atoms with Crippen LogP contribution in [0.3, 0.4) is 0 Å². The molecular formula is C24H47N5O2. The van der Waals surface area contributed by atoms with Gasteiger partial charge >= 0.3 is 6.09 Å². The van der Waals surface area contributed by atoms with Crippen molar-refractivity contribution < 1.29 is 9.53 Å². The fourth-order valence-corrected chi connectivity index (χ4v) is 4.19. The average Bonchev–Trinajstić information content (AvgIpc) is 3.55. The number of unbranched alkanes of at least 4 members (excludes halogenated alkanes) is 1. The van der Waals surface area contributed by atoms with Crippen molar-refractivity contribution in [2.24, 2.45) is 10.9 Å². The molecule has 0 aromatic rings. The number of ether oxygens (including phenoxy) is 1. The van der Waals surface area contributed by atoms with Crippen LogP contribution in [0.2, 0.25) is 0 Å². The minimum Gasteiger partial charge on any atom is -0.444 e. The monoisotopic (exact) mass is 437 g/mol. The first-order chi connectivity index (χ1) is 14.8. The third-order valence-corrected chi connectivity index (χ3v) is 6.28. The Balaban J connectivity index is 1.78.